The predicted octanol–water partition coefficient (Wildman–Crippen LogP) is -1.37. The maximum Gasteiger partial charge on any atom is 0.164 e. The molecule has 1 rings (SSSR count). The second-order valence-electron chi connectivity index (χ2n) is 2.66. The Balaban J connectivity index is 2.02. The van der Waals surface area contributed by atoms with Crippen LogP contribution >= 0.6 is 0 Å². The van der Waals surface area contributed by atoms with E-state index >= 15 is 0 Å². The smallest absolute Gasteiger partial charge is 0.164 e. The van der Waals surface area contributed by atoms with Crippen molar-refractivity contribution in [2.75, 3.05) is 26.7 Å². The summed E-state index contributed by atoms with van der Waals surface area (Å²) in [6.45, 7) is 1.89. The number of aliphatic hydroxyl groups is 2. The van der Waals surface area contributed by atoms with Gasteiger partial charge in [-0.15, -0.1) is 0 Å². The molecule has 1 heterocycles. The Hall–Kier alpha value is -0.160. The zero-order valence-corrected chi connectivity index (χ0v) is 6.03. The van der Waals surface area contributed by atoms with Crippen LogP contribution < -0.4 is 0 Å². The summed E-state index contributed by atoms with van der Waals surface area (Å²) in [6, 6.07) is 0. The Bertz CT molecular complexity index is 99.2. The van der Waals surface area contributed by atoms with Gasteiger partial charge in [0.25, 0.3) is 0 Å². The number of likely N-dealkylation sites (N-methyl/N-ethyl adjacent to an activating group) is 1. The normalized spacial score (nSPS) is 24.3. The molecule has 10 heavy (non-hydrogen) atoms. The number of aliphatic hydroxyl groups excluding tert-OH is 1. The van der Waals surface area contributed by atoms with E-state index in [4.69, 9.17) is 14.9 Å². The molecule has 0 radical (unpaired) electrons. The lowest BCUT2D eigenvalue weighted by molar-refractivity contribution is -0.0577. The Labute approximate surface area is 60.0 Å². The molecule has 1 aliphatic heterocycles. The van der Waals surface area contributed by atoms with E-state index in [0.29, 0.717) is 12.6 Å². The van der Waals surface area contributed by atoms with Crippen molar-refractivity contribution in [3.63, 3.8) is 0 Å². The first-order chi connectivity index (χ1) is 4.68. The van der Waals surface area contributed by atoms with E-state index < -0.39 is 6.29 Å². The molecule has 0 aliphatic carbocycles. The van der Waals surface area contributed by atoms with Crippen molar-refractivity contribution in [2.24, 2.45) is 0 Å². The summed E-state index contributed by atoms with van der Waals surface area (Å²) < 4.78 is 4.96. The van der Waals surface area contributed by atoms with E-state index in [2.05, 4.69) is 0 Å². The predicted molar refractivity (Wildman–Crippen MR) is 35.5 cm³/mol. The van der Waals surface area contributed by atoms with Gasteiger partial charge >= 0.3 is 0 Å². The van der Waals surface area contributed by atoms with Crippen LogP contribution in [0.15, 0.2) is 0 Å². The van der Waals surface area contributed by atoms with Crippen LogP contribution in [-0.2, 0) is 4.74 Å². The van der Waals surface area contributed by atoms with Gasteiger partial charge in [0, 0.05) is 13.1 Å². The van der Waals surface area contributed by atoms with Crippen LogP contribution in [-0.4, -0.2) is 54.3 Å². The molecule has 0 bridgehead atoms. The summed E-state index contributed by atoms with van der Waals surface area (Å²) in [5, 5.41) is 17.1. The molecule has 0 amide bonds. The molecule has 0 aromatic heterocycles. The van der Waals surface area contributed by atoms with Crippen molar-refractivity contribution in [2.45, 2.75) is 12.4 Å². The van der Waals surface area contributed by atoms with Gasteiger partial charge in [0.1, 0.15) is 0 Å². The quantitative estimate of drug-likeness (QED) is 0.380. The highest BCUT2D eigenvalue weighted by atomic mass is 16.6. The van der Waals surface area contributed by atoms with Gasteiger partial charge in [0.05, 0.1) is 12.7 Å². The SMILES string of the molecule is CN(CC(O)O)CC1CO1. The summed E-state index contributed by atoms with van der Waals surface area (Å²) in [7, 11) is 1.83. The van der Waals surface area contributed by atoms with E-state index in [0.717, 1.165) is 13.2 Å². The summed E-state index contributed by atoms with van der Waals surface area (Å²) in [5.41, 5.74) is 0. The molecule has 60 valence electrons. The molecular weight excluding hydrogens is 134 g/mol. The molecule has 0 aromatic carbocycles. The van der Waals surface area contributed by atoms with Crippen LogP contribution in [0.4, 0.5) is 0 Å². The Kier molecular flexibility index (Phi) is 2.62. The third-order valence-electron chi connectivity index (χ3n) is 1.39. The molecule has 4 nitrogen and oxygen atoms in total. The van der Waals surface area contributed by atoms with Crippen molar-refractivity contribution in [1.29, 1.82) is 0 Å². The number of epoxide rings is 1. The first-order valence-electron chi connectivity index (χ1n) is 3.35. The second-order valence-corrected chi connectivity index (χ2v) is 2.66. The first-order valence-corrected chi connectivity index (χ1v) is 3.35. The number of nitrogens with zero attached hydrogens (tertiary/aromatic N) is 1. The van der Waals surface area contributed by atoms with Gasteiger partial charge in [0.15, 0.2) is 6.29 Å². The number of hydrogen-bond acceptors (Lipinski definition) is 4. The van der Waals surface area contributed by atoms with Gasteiger partial charge in [-0.2, -0.15) is 0 Å². The molecule has 0 saturated carbocycles. The molecule has 0 aromatic rings. The van der Waals surface area contributed by atoms with Gasteiger partial charge in [-0.1, -0.05) is 0 Å². The number of rotatable bonds is 4. The molecule has 1 saturated heterocycles. The molecule has 0 spiro atoms. The van der Waals surface area contributed by atoms with Gasteiger partial charge in [0.2, 0.25) is 0 Å². The molecule has 1 fully saturated rings. The minimum absolute atomic E-state index is 0.292. The fourth-order valence-electron chi connectivity index (χ4n) is 0.874. The lowest BCUT2D eigenvalue weighted by atomic mass is 10.4. The van der Waals surface area contributed by atoms with Crippen molar-refractivity contribution in [3.05, 3.63) is 0 Å². The highest BCUT2D eigenvalue weighted by Gasteiger charge is 2.24. The highest BCUT2D eigenvalue weighted by molar-refractivity contribution is 4.72. The van der Waals surface area contributed by atoms with Crippen molar-refractivity contribution >= 4 is 0 Å². The summed E-state index contributed by atoms with van der Waals surface area (Å²) >= 11 is 0. The van der Waals surface area contributed by atoms with Gasteiger partial charge < -0.3 is 14.9 Å². The van der Waals surface area contributed by atoms with Crippen LogP contribution in [0.2, 0.25) is 0 Å². The number of hydrogen-bond donors (Lipinski definition) is 2. The Morgan fingerprint density at radius 2 is 2.30 bits per heavy atom. The Morgan fingerprint density at radius 1 is 1.70 bits per heavy atom. The van der Waals surface area contributed by atoms with Gasteiger partial charge in [-0.3, -0.25) is 4.90 Å². The maximum atomic E-state index is 8.53. The minimum Gasteiger partial charge on any atom is -0.372 e. The molecule has 2 N–H and O–H groups in total. The lowest BCUT2D eigenvalue weighted by Gasteiger charge is -2.15. The van der Waals surface area contributed by atoms with E-state index in [9.17, 15) is 0 Å². The van der Waals surface area contributed by atoms with Crippen LogP contribution in [0, 0.1) is 0 Å². The van der Waals surface area contributed by atoms with E-state index in [1.165, 1.54) is 0 Å². The fourth-order valence-corrected chi connectivity index (χ4v) is 0.874. The molecule has 1 atom stereocenters. The first kappa shape index (κ1) is 7.94. The summed E-state index contributed by atoms with van der Waals surface area (Å²) in [5.74, 6) is 0. The molecular formula is C6H13NO3. The largest absolute Gasteiger partial charge is 0.372 e. The third kappa shape index (κ3) is 3.12. The van der Waals surface area contributed by atoms with Crippen LogP contribution in [0.25, 0.3) is 0 Å². The van der Waals surface area contributed by atoms with Crippen LogP contribution in [0.1, 0.15) is 0 Å². The van der Waals surface area contributed by atoms with Crippen molar-refractivity contribution < 1.29 is 14.9 Å². The zero-order chi connectivity index (χ0) is 7.56. The second kappa shape index (κ2) is 3.30. The van der Waals surface area contributed by atoms with Crippen molar-refractivity contribution in [3.8, 4) is 0 Å². The Morgan fingerprint density at radius 3 is 2.70 bits per heavy atom. The molecule has 4 heteroatoms. The zero-order valence-electron chi connectivity index (χ0n) is 6.03. The van der Waals surface area contributed by atoms with Crippen LogP contribution in [0.5, 0.6) is 0 Å². The van der Waals surface area contributed by atoms with E-state index in [-0.39, 0.29) is 0 Å². The number of ether oxygens (including phenoxy) is 1. The highest BCUT2D eigenvalue weighted by Crippen LogP contribution is 2.09. The van der Waals surface area contributed by atoms with Gasteiger partial charge in [-0.05, 0) is 7.05 Å². The molecule has 1 unspecified atom stereocenters. The standard InChI is InChI=1S/C6H13NO3/c1-7(3-6(8)9)2-5-4-10-5/h5-6,8-9H,2-4H2,1H3. The lowest BCUT2D eigenvalue weighted by Crippen LogP contribution is -2.31. The summed E-state index contributed by atoms with van der Waals surface area (Å²) in [4.78, 5) is 1.84. The monoisotopic (exact) mass is 147 g/mol. The topological polar surface area (TPSA) is 56.2 Å². The fraction of sp³-hybridized carbons (Fsp3) is 1.00. The summed E-state index contributed by atoms with van der Waals surface area (Å²) in [6.07, 6.45) is -0.910. The van der Waals surface area contributed by atoms with Crippen LogP contribution in [0.3, 0.4) is 0 Å². The average Bonchev–Trinajstić information content (AvgIpc) is 2.46. The third-order valence-corrected chi connectivity index (χ3v) is 1.39. The van der Waals surface area contributed by atoms with E-state index in [1.807, 2.05) is 11.9 Å². The molecule has 1 aliphatic rings. The van der Waals surface area contributed by atoms with Crippen molar-refractivity contribution in [1.82, 2.24) is 4.90 Å². The van der Waals surface area contributed by atoms with Gasteiger partial charge in [-0.25, -0.2) is 0 Å². The van der Waals surface area contributed by atoms with E-state index in [1.54, 1.807) is 0 Å². The average molecular weight is 147 g/mol. The maximum absolute atomic E-state index is 8.53. The minimum atomic E-state index is -1.23.